The molecule has 3 saturated carbocycles. The molecule has 0 aromatic rings. The van der Waals surface area contributed by atoms with E-state index in [1.54, 1.807) is 5.57 Å². The summed E-state index contributed by atoms with van der Waals surface area (Å²) < 4.78 is 19.1. The normalized spacial score (nSPS) is 35.9. The van der Waals surface area contributed by atoms with E-state index in [9.17, 15) is 0 Å². The molecule has 256 valence electrons. The van der Waals surface area contributed by atoms with E-state index in [0.717, 1.165) is 87.4 Å². The third kappa shape index (κ3) is 8.36. The molecule has 3 heteroatoms. The molecule has 0 saturated heterocycles. The SMILES string of the molecule is CCCOC(C)(C)CCOC(C)(CC)CCOC1CC[C@@]2(C)C(=CCC3C4CCC(C(C)CCCC(C)C)[C@@]4(C)CCC32)C1. The molecule has 4 aliphatic rings. The molecule has 0 radical (unpaired) electrons. The van der Waals surface area contributed by atoms with Crippen LogP contribution >= 0.6 is 0 Å². The summed E-state index contributed by atoms with van der Waals surface area (Å²) in [6, 6.07) is 0. The summed E-state index contributed by atoms with van der Waals surface area (Å²) in [5.41, 5.74) is 2.48. The van der Waals surface area contributed by atoms with Crippen LogP contribution in [0.4, 0.5) is 0 Å². The van der Waals surface area contributed by atoms with Gasteiger partial charge in [-0.3, -0.25) is 0 Å². The lowest BCUT2D eigenvalue weighted by atomic mass is 9.47. The maximum absolute atomic E-state index is 6.64. The molecule has 3 fully saturated rings. The highest BCUT2D eigenvalue weighted by Gasteiger charge is 2.59. The monoisotopic (exact) mass is 615 g/mol. The first-order chi connectivity index (χ1) is 20.8. The quantitative estimate of drug-likeness (QED) is 0.153. The van der Waals surface area contributed by atoms with Crippen molar-refractivity contribution in [2.45, 2.75) is 183 Å². The van der Waals surface area contributed by atoms with Crippen LogP contribution in [0.25, 0.3) is 0 Å². The highest BCUT2D eigenvalue weighted by Crippen LogP contribution is 2.67. The fourth-order valence-electron chi connectivity index (χ4n) is 10.6. The molecule has 0 N–H and O–H groups in total. The molecule has 0 aliphatic heterocycles. The lowest BCUT2D eigenvalue weighted by Crippen LogP contribution is -2.51. The summed E-state index contributed by atoms with van der Waals surface area (Å²) in [6.07, 6.45) is 22.3. The van der Waals surface area contributed by atoms with Crippen molar-refractivity contribution in [2.75, 3.05) is 19.8 Å². The van der Waals surface area contributed by atoms with Crippen LogP contribution in [0.2, 0.25) is 0 Å². The second-order valence-corrected chi connectivity index (χ2v) is 17.8. The van der Waals surface area contributed by atoms with Crippen LogP contribution < -0.4 is 0 Å². The third-order valence-corrected chi connectivity index (χ3v) is 13.8. The maximum atomic E-state index is 6.64. The minimum absolute atomic E-state index is 0.120. The Morgan fingerprint density at radius 3 is 2.34 bits per heavy atom. The molecule has 7 unspecified atom stereocenters. The van der Waals surface area contributed by atoms with Gasteiger partial charge in [0.15, 0.2) is 0 Å². The second-order valence-electron chi connectivity index (χ2n) is 17.8. The van der Waals surface area contributed by atoms with E-state index < -0.39 is 0 Å². The predicted octanol–water partition coefficient (Wildman–Crippen LogP) is 11.6. The Morgan fingerprint density at radius 1 is 0.864 bits per heavy atom. The maximum Gasteiger partial charge on any atom is 0.0673 e. The number of ether oxygens (including phenoxy) is 3. The Bertz CT molecular complexity index is 923. The van der Waals surface area contributed by atoms with Gasteiger partial charge in [-0.25, -0.2) is 0 Å². The average molecular weight is 615 g/mol. The first kappa shape index (κ1) is 36.5. The van der Waals surface area contributed by atoms with Crippen molar-refractivity contribution in [1.29, 1.82) is 0 Å². The molecule has 44 heavy (non-hydrogen) atoms. The van der Waals surface area contributed by atoms with Crippen molar-refractivity contribution >= 4 is 0 Å². The minimum atomic E-state index is -0.124. The fourth-order valence-corrected chi connectivity index (χ4v) is 10.6. The molecule has 0 aromatic carbocycles. The van der Waals surface area contributed by atoms with Gasteiger partial charge in [0.2, 0.25) is 0 Å². The van der Waals surface area contributed by atoms with Gasteiger partial charge in [-0.15, -0.1) is 0 Å². The van der Waals surface area contributed by atoms with Crippen LogP contribution in [0.3, 0.4) is 0 Å². The van der Waals surface area contributed by atoms with Crippen LogP contribution in [0.5, 0.6) is 0 Å². The van der Waals surface area contributed by atoms with Crippen molar-refractivity contribution in [2.24, 2.45) is 46.3 Å². The Kier molecular flexibility index (Phi) is 12.6. The first-order valence-electron chi connectivity index (χ1n) is 19.4. The van der Waals surface area contributed by atoms with E-state index in [1.165, 1.54) is 64.2 Å². The standard InChI is InChI=1S/C41H74O3/c1-11-26-43-38(6,7)24-28-44-39(8,12-2)25-27-42-33-20-22-40(9)32(29-33)16-17-34-36-19-18-35(31(5)15-13-14-30(3)4)41(36,10)23-21-37(34)40/h16,30-31,33-37H,11-15,17-29H2,1-10H3/t31?,33?,34?,35?,36?,37?,39?,40-,41+/m0/s1. The number of fused-ring (bicyclic) bond motifs is 5. The zero-order chi connectivity index (χ0) is 32.2. The number of allylic oxidation sites excluding steroid dienone is 1. The molecule has 4 rings (SSSR count). The van der Waals surface area contributed by atoms with Crippen molar-refractivity contribution in [3.8, 4) is 0 Å². The molecule has 0 aromatic heterocycles. The van der Waals surface area contributed by atoms with Gasteiger partial charge in [-0.2, -0.15) is 0 Å². The molecular weight excluding hydrogens is 540 g/mol. The van der Waals surface area contributed by atoms with E-state index in [2.05, 4.69) is 75.3 Å². The summed E-state index contributed by atoms with van der Waals surface area (Å²) in [5, 5.41) is 0. The number of rotatable bonds is 17. The van der Waals surface area contributed by atoms with Crippen LogP contribution in [0.1, 0.15) is 166 Å². The van der Waals surface area contributed by atoms with E-state index in [-0.39, 0.29) is 11.2 Å². The molecule has 9 atom stereocenters. The van der Waals surface area contributed by atoms with E-state index >= 15 is 0 Å². The molecule has 0 heterocycles. The van der Waals surface area contributed by atoms with Crippen molar-refractivity contribution in [3.05, 3.63) is 11.6 Å². The Morgan fingerprint density at radius 2 is 1.64 bits per heavy atom. The van der Waals surface area contributed by atoms with Gasteiger partial charge in [0.05, 0.1) is 23.9 Å². The molecule has 3 nitrogen and oxygen atoms in total. The third-order valence-electron chi connectivity index (χ3n) is 13.8. The zero-order valence-electron chi connectivity index (χ0n) is 31.1. The van der Waals surface area contributed by atoms with Gasteiger partial charge in [0, 0.05) is 13.2 Å². The molecule has 0 spiro atoms. The van der Waals surface area contributed by atoms with Crippen LogP contribution in [-0.2, 0) is 14.2 Å². The summed E-state index contributed by atoms with van der Waals surface area (Å²) in [4.78, 5) is 0. The largest absolute Gasteiger partial charge is 0.378 e. The van der Waals surface area contributed by atoms with Gasteiger partial charge in [-0.1, -0.05) is 79.4 Å². The Hall–Kier alpha value is -0.380. The van der Waals surface area contributed by atoms with Gasteiger partial charge in [-0.05, 0) is 144 Å². The molecule has 4 aliphatic carbocycles. The van der Waals surface area contributed by atoms with E-state index in [4.69, 9.17) is 14.2 Å². The summed E-state index contributed by atoms with van der Waals surface area (Å²) in [7, 11) is 0. The highest BCUT2D eigenvalue weighted by atomic mass is 16.5. The number of hydrogen-bond acceptors (Lipinski definition) is 3. The lowest BCUT2D eigenvalue weighted by Gasteiger charge is -2.58. The predicted molar refractivity (Wildman–Crippen MR) is 187 cm³/mol. The summed E-state index contributed by atoms with van der Waals surface area (Å²) >= 11 is 0. The summed E-state index contributed by atoms with van der Waals surface area (Å²) in [5.74, 6) is 5.42. The van der Waals surface area contributed by atoms with Crippen molar-refractivity contribution < 1.29 is 14.2 Å². The molecule has 0 amide bonds. The summed E-state index contributed by atoms with van der Waals surface area (Å²) in [6.45, 7) is 26.2. The zero-order valence-corrected chi connectivity index (χ0v) is 31.1. The van der Waals surface area contributed by atoms with Gasteiger partial charge in [0.25, 0.3) is 0 Å². The first-order valence-corrected chi connectivity index (χ1v) is 19.4. The van der Waals surface area contributed by atoms with Gasteiger partial charge < -0.3 is 14.2 Å². The average Bonchev–Trinajstić information content (AvgIpc) is 3.33. The second kappa shape index (κ2) is 15.2. The van der Waals surface area contributed by atoms with Crippen LogP contribution in [-0.4, -0.2) is 37.1 Å². The molecular formula is C41H74O3. The van der Waals surface area contributed by atoms with Crippen LogP contribution in [0.15, 0.2) is 11.6 Å². The Balaban J connectivity index is 1.28. The Labute approximate surface area is 274 Å². The smallest absolute Gasteiger partial charge is 0.0673 e. The van der Waals surface area contributed by atoms with E-state index in [1.807, 2.05) is 0 Å². The van der Waals surface area contributed by atoms with Crippen molar-refractivity contribution in [3.63, 3.8) is 0 Å². The highest BCUT2D eigenvalue weighted by molar-refractivity contribution is 5.25. The van der Waals surface area contributed by atoms with E-state index in [0.29, 0.717) is 16.9 Å². The fraction of sp³-hybridized carbons (Fsp3) is 0.951. The number of hydrogen-bond donors (Lipinski definition) is 0. The van der Waals surface area contributed by atoms with Gasteiger partial charge in [0.1, 0.15) is 0 Å². The van der Waals surface area contributed by atoms with Gasteiger partial charge >= 0.3 is 0 Å². The topological polar surface area (TPSA) is 27.7 Å². The lowest BCUT2D eigenvalue weighted by molar-refractivity contribution is -0.0971. The molecule has 0 bridgehead atoms. The minimum Gasteiger partial charge on any atom is -0.378 e. The van der Waals surface area contributed by atoms with Crippen LogP contribution in [0, 0.1) is 46.3 Å². The van der Waals surface area contributed by atoms with Crippen molar-refractivity contribution in [1.82, 2.24) is 0 Å².